The molecule has 234 valence electrons. The van der Waals surface area contributed by atoms with Crippen LogP contribution in [0.25, 0.3) is 0 Å². The van der Waals surface area contributed by atoms with E-state index >= 15 is 0 Å². The number of benzene rings is 2. The van der Waals surface area contributed by atoms with Crippen LogP contribution in [-0.2, 0) is 19.0 Å². The number of nitrogens with zero attached hydrogens (tertiary/aromatic N) is 1. The van der Waals surface area contributed by atoms with Gasteiger partial charge in [-0.1, -0.05) is 70.8 Å². The molecular formula is C32H45Cl2NO6S. The predicted octanol–water partition coefficient (Wildman–Crippen LogP) is 8.39. The van der Waals surface area contributed by atoms with Crippen molar-refractivity contribution in [1.82, 2.24) is 4.98 Å². The Morgan fingerprint density at radius 3 is 1.74 bits per heavy atom. The molecule has 0 amide bonds. The maximum Gasteiger partial charge on any atom is 0.264 e. The largest absolute Gasteiger partial charge is 0.497 e. The van der Waals surface area contributed by atoms with Gasteiger partial charge in [0.15, 0.2) is 5.78 Å². The molecular weight excluding hydrogens is 597 g/mol. The van der Waals surface area contributed by atoms with Gasteiger partial charge in [0.25, 0.3) is 10.1 Å². The van der Waals surface area contributed by atoms with Crippen molar-refractivity contribution in [3.05, 3.63) is 94.2 Å². The third kappa shape index (κ3) is 21.2. The Balaban J connectivity index is 0.000000593. The highest BCUT2D eigenvalue weighted by Gasteiger charge is 2.14. The Bertz CT molecular complexity index is 1240. The van der Waals surface area contributed by atoms with Crippen molar-refractivity contribution in [3.8, 4) is 5.75 Å². The second-order valence-electron chi connectivity index (χ2n) is 11.4. The van der Waals surface area contributed by atoms with E-state index in [-0.39, 0.29) is 17.8 Å². The second-order valence-corrected chi connectivity index (χ2v) is 13.9. The van der Waals surface area contributed by atoms with Crippen LogP contribution in [-0.4, -0.2) is 52.4 Å². The Hall–Kier alpha value is -2.49. The summed E-state index contributed by atoms with van der Waals surface area (Å²) in [5, 5.41) is 0.872. The van der Waals surface area contributed by atoms with Gasteiger partial charge in [0, 0.05) is 35.2 Å². The fourth-order valence-corrected chi connectivity index (χ4v) is 3.52. The van der Waals surface area contributed by atoms with Crippen molar-refractivity contribution in [2.24, 2.45) is 10.8 Å². The predicted molar refractivity (Wildman–Crippen MR) is 173 cm³/mol. The third-order valence-electron chi connectivity index (χ3n) is 4.54. The van der Waals surface area contributed by atoms with E-state index in [1.807, 2.05) is 45.9 Å². The van der Waals surface area contributed by atoms with Gasteiger partial charge in [0.05, 0.1) is 31.6 Å². The van der Waals surface area contributed by atoms with Gasteiger partial charge in [0.1, 0.15) is 5.75 Å². The fraction of sp³-hybridized carbons (Fsp3) is 0.438. The summed E-state index contributed by atoms with van der Waals surface area (Å²) < 4.78 is 35.7. The zero-order valence-electron chi connectivity index (χ0n) is 26.1. The zero-order valence-corrected chi connectivity index (χ0v) is 28.4. The maximum absolute atomic E-state index is 12.2. The van der Waals surface area contributed by atoms with Crippen LogP contribution >= 0.6 is 23.2 Å². The van der Waals surface area contributed by atoms with Crippen LogP contribution in [0.3, 0.4) is 0 Å². The minimum absolute atomic E-state index is 0.0942. The van der Waals surface area contributed by atoms with Crippen LogP contribution in [0.5, 0.6) is 5.75 Å². The monoisotopic (exact) mass is 641 g/mol. The van der Waals surface area contributed by atoms with Gasteiger partial charge in [0.2, 0.25) is 0 Å². The minimum atomic E-state index is -3.26. The van der Waals surface area contributed by atoms with Crippen LogP contribution in [0.1, 0.15) is 64.4 Å². The normalized spacial score (nSPS) is 11.0. The molecule has 10 heteroatoms. The molecule has 0 aliphatic heterocycles. The van der Waals surface area contributed by atoms with Crippen molar-refractivity contribution in [2.75, 3.05) is 33.2 Å². The summed E-state index contributed by atoms with van der Waals surface area (Å²) in [7, 11) is -1.68. The third-order valence-corrected chi connectivity index (χ3v) is 5.65. The number of aromatic nitrogens is 1. The van der Waals surface area contributed by atoms with Crippen molar-refractivity contribution >= 4 is 39.1 Å². The first-order chi connectivity index (χ1) is 19.4. The van der Waals surface area contributed by atoms with E-state index in [1.54, 1.807) is 62.0 Å². The lowest BCUT2D eigenvalue weighted by atomic mass is 9.99. The number of halogens is 2. The number of rotatable bonds is 7. The Morgan fingerprint density at radius 2 is 1.40 bits per heavy atom. The van der Waals surface area contributed by atoms with Crippen molar-refractivity contribution in [2.45, 2.75) is 48.5 Å². The molecule has 0 aliphatic rings. The number of ketones is 1. The van der Waals surface area contributed by atoms with Crippen molar-refractivity contribution < 1.29 is 26.9 Å². The molecule has 0 aliphatic carbocycles. The highest BCUT2D eigenvalue weighted by molar-refractivity contribution is 7.85. The standard InChI is InChI=1S/C14H10Cl2O2.C7H16O.C6H14O3S.C5H5N/c1-18-11-5-2-9(3-6-11)14(17)12-8-10(15)4-7-13(12)16;1-5-8-6-7(2,3)4;1-6(2,3)5-9-10(4,7)8;1-2-4-6-5-3-1/h2-8H,1H3;5-6H2,1-4H3;5H2,1-4H3;1-5H. The molecule has 0 saturated heterocycles. The van der Waals surface area contributed by atoms with Crippen LogP contribution in [0.4, 0.5) is 0 Å². The molecule has 0 N–H and O–H groups in total. The number of ether oxygens (including phenoxy) is 2. The lowest BCUT2D eigenvalue weighted by Crippen LogP contribution is -2.17. The van der Waals surface area contributed by atoms with Crippen molar-refractivity contribution in [1.29, 1.82) is 0 Å². The van der Waals surface area contributed by atoms with Crippen LogP contribution in [0.2, 0.25) is 10.0 Å². The lowest BCUT2D eigenvalue weighted by Gasteiger charge is -2.16. The number of hydrogen-bond acceptors (Lipinski definition) is 7. The van der Waals surface area contributed by atoms with Gasteiger partial charge in [-0.15, -0.1) is 0 Å². The summed E-state index contributed by atoms with van der Waals surface area (Å²) >= 11 is 11.9. The van der Waals surface area contributed by atoms with Crippen molar-refractivity contribution in [3.63, 3.8) is 0 Å². The van der Waals surface area contributed by atoms with Crippen LogP contribution in [0, 0.1) is 10.8 Å². The number of pyridine rings is 1. The molecule has 1 aromatic heterocycles. The van der Waals surface area contributed by atoms with Gasteiger partial charge in [-0.2, -0.15) is 8.42 Å². The first kappa shape index (κ1) is 39.5. The number of carbonyl (C=O) groups excluding carboxylic acids is 1. The Labute approximate surface area is 262 Å². The molecule has 0 saturated carbocycles. The molecule has 2 aromatic carbocycles. The summed E-state index contributed by atoms with van der Waals surface area (Å²) in [5.74, 6) is 0.536. The van der Waals surface area contributed by atoms with E-state index in [4.69, 9.17) is 32.7 Å². The summed E-state index contributed by atoms with van der Waals surface area (Å²) in [4.78, 5) is 16.0. The van der Waals surface area contributed by atoms with E-state index < -0.39 is 10.1 Å². The highest BCUT2D eigenvalue weighted by atomic mass is 35.5. The topological polar surface area (TPSA) is 91.8 Å². The number of hydrogen-bond donors (Lipinski definition) is 0. The van der Waals surface area contributed by atoms with E-state index in [0.29, 0.717) is 32.3 Å². The molecule has 7 nitrogen and oxygen atoms in total. The van der Waals surface area contributed by atoms with Gasteiger partial charge in [-0.05, 0) is 72.4 Å². The summed E-state index contributed by atoms with van der Waals surface area (Å²) in [6.07, 6.45) is 4.55. The molecule has 0 unspecified atom stereocenters. The smallest absolute Gasteiger partial charge is 0.264 e. The van der Waals surface area contributed by atoms with E-state index in [0.717, 1.165) is 19.5 Å². The number of methoxy groups -OCH3 is 1. The molecule has 0 bridgehead atoms. The van der Waals surface area contributed by atoms with E-state index in [2.05, 4.69) is 29.9 Å². The molecule has 0 fully saturated rings. The summed E-state index contributed by atoms with van der Waals surface area (Å²) in [6.45, 7) is 16.2. The molecule has 3 aromatic rings. The van der Waals surface area contributed by atoms with Gasteiger partial charge < -0.3 is 9.47 Å². The Morgan fingerprint density at radius 1 is 0.857 bits per heavy atom. The summed E-state index contributed by atoms with van der Waals surface area (Å²) in [5.41, 5.74) is 1.17. The molecule has 3 rings (SSSR count). The average molecular weight is 643 g/mol. The summed E-state index contributed by atoms with van der Waals surface area (Å²) in [6, 6.07) is 17.4. The van der Waals surface area contributed by atoms with Crippen LogP contribution < -0.4 is 4.74 Å². The molecule has 1 heterocycles. The van der Waals surface area contributed by atoms with Gasteiger partial charge >= 0.3 is 0 Å². The average Bonchev–Trinajstić information content (AvgIpc) is 2.93. The first-order valence-corrected chi connectivity index (χ1v) is 15.9. The molecule has 42 heavy (non-hydrogen) atoms. The zero-order chi connectivity index (χ0) is 32.4. The highest BCUT2D eigenvalue weighted by Crippen LogP contribution is 2.24. The second kappa shape index (κ2) is 19.7. The first-order valence-electron chi connectivity index (χ1n) is 13.3. The quantitative estimate of drug-likeness (QED) is 0.189. The maximum atomic E-state index is 12.2. The molecule has 0 spiro atoms. The lowest BCUT2D eigenvalue weighted by molar-refractivity contribution is 0.0805. The number of carbonyl (C=O) groups is 1. The van der Waals surface area contributed by atoms with E-state index in [9.17, 15) is 13.2 Å². The Kier molecular flexibility index (Phi) is 18.5. The molecule has 0 atom stereocenters. The van der Waals surface area contributed by atoms with Gasteiger partial charge in [-0.25, -0.2) is 0 Å². The van der Waals surface area contributed by atoms with E-state index in [1.165, 1.54) is 0 Å². The molecule has 0 radical (unpaired) electrons. The van der Waals surface area contributed by atoms with Crippen LogP contribution in [0.15, 0.2) is 73.1 Å². The SMILES string of the molecule is CC(C)(C)COS(C)(=O)=O.CCOCC(C)(C)C.COc1ccc(C(=O)c2cc(Cl)ccc2Cl)cc1.c1ccncc1. The fourth-order valence-electron chi connectivity index (χ4n) is 2.57. The minimum Gasteiger partial charge on any atom is -0.497 e. The van der Waals surface area contributed by atoms with Gasteiger partial charge in [-0.3, -0.25) is 14.0 Å².